The van der Waals surface area contributed by atoms with E-state index in [1.54, 1.807) is 0 Å². The van der Waals surface area contributed by atoms with E-state index in [9.17, 15) is 9.90 Å². The fourth-order valence-electron chi connectivity index (χ4n) is 3.89. The normalized spacial score (nSPS) is 16.5. The summed E-state index contributed by atoms with van der Waals surface area (Å²) in [5, 5.41) is 9.32. The first-order valence-corrected chi connectivity index (χ1v) is 9.96. The Morgan fingerprint density at radius 2 is 1.61 bits per heavy atom. The Morgan fingerprint density at radius 1 is 1.07 bits per heavy atom. The number of carboxylic acid groups (broad SMARTS) is 1. The van der Waals surface area contributed by atoms with Gasteiger partial charge in [0, 0.05) is 19.8 Å². The maximum atomic E-state index is 11.3. The van der Waals surface area contributed by atoms with Gasteiger partial charge in [-0.25, -0.2) is 0 Å². The third-order valence-corrected chi connectivity index (χ3v) is 5.48. The molecule has 0 amide bonds. The van der Waals surface area contributed by atoms with Gasteiger partial charge in [0.2, 0.25) is 0 Å². The summed E-state index contributed by atoms with van der Waals surface area (Å²) in [6.45, 7) is 4.20. The van der Waals surface area contributed by atoms with Gasteiger partial charge < -0.3 is 14.7 Å². The summed E-state index contributed by atoms with van der Waals surface area (Å²) in [6.07, 6.45) is 1.39. The number of anilines is 1. The van der Waals surface area contributed by atoms with Gasteiger partial charge in [-0.05, 0) is 68.2 Å². The van der Waals surface area contributed by atoms with Crippen LogP contribution < -0.4 is 9.64 Å². The van der Waals surface area contributed by atoms with Crippen molar-refractivity contribution in [3.05, 3.63) is 59.7 Å². The standard InChI is InChI=1S/C23H30N2O3/c1-4-28-21-11-7-18(8-12-21)22(17-5-9-20(10-6-17)24(2)3)25-15-13-19(14-16-25)23(26)27/h5-12,19,22H,4,13-16H2,1-3H3,(H,26,27). The van der Waals surface area contributed by atoms with Gasteiger partial charge in [0.05, 0.1) is 18.6 Å². The summed E-state index contributed by atoms with van der Waals surface area (Å²) in [5.74, 6) is -0.0292. The molecule has 28 heavy (non-hydrogen) atoms. The molecule has 1 unspecified atom stereocenters. The van der Waals surface area contributed by atoms with Crippen LogP contribution in [-0.4, -0.2) is 49.8 Å². The molecule has 1 aliphatic rings. The van der Waals surface area contributed by atoms with E-state index >= 15 is 0 Å². The predicted molar refractivity (Wildman–Crippen MR) is 112 cm³/mol. The maximum absolute atomic E-state index is 11.3. The van der Waals surface area contributed by atoms with Crippen molar-refractivity contribution in [3.63, 3.8) is 0 Å². The van der Waals surface area contributed by atoms with Gasteiger partial charge in [-0.1, -0.05) is 24.3 Å². The van der Waals surface area contributed by atoms with Crippen LogP contribution in [0.5, 0.6) is 5.75 Å². The second-order valence-corrected chi connectivity index (χ2v) is 7.54. The Morgan fingerprint density at radius 3 is 2.07 bits per heavy atom. The van der Waals surface area contributed by atoms with E-state index in [1.807, 2.05) is 33.2 Å². The number of carboxylic acids is 1. The van der Waals surface area contributed by atoms with E-state index in [-0.39, 0.29) is 12.0 Å². The SMILES string of the molecule is CCOc1ccc(C(c2ccc(N(C)C)cc2)N2CCC(C(=O)O)CC2)cc1. The number of carbonyl (C=O) groups is 1. The predicted octanol–water partition coefficient (Wildman–Crippen LogP) is 4.04. The highest BCUT2D eigenvalue weighted by Gasteiger charge is 2.30. The topological polar surface area (TPSA) is 53.0 Å². The van der Waals surface area contributed by atoms with E-state index in [1.165, 1.54) is 16.8 Å². The molecular formula is C23H30N2O3. The Labute approximate surface area is 167 Å². The van der Waals surface area contributed by atoms with Gasteiger partial charge in [0.25, 0.3) is 0 Å². The average molecular weight is 383 g/mol. The lowest BCUT2D eigenvalue weighted by atomic mass is 9.91. The second-order valence-electron chi connectivity index (χ2n) is 7.54. The lowest BCUT2D eigenvalue weighted by Crippen LogP contribution is -2.39. The van der Waals surface area contributed by atoms with Gasteiger partial charge in [-0.2, -0.15) is 0 Å². The Balaban J connectivity index is 1.88. The van der Waals surface area contributed by atoms with E-state index in [0.717, 1.165) is 18.8 Å². The molecular weight excluding hydrogens is 352 g/mol. The van der Waals surface area contributed by atoms with E-state index in [0.29, 0.717) is 19.4 Å². The molecule has 1 N–H and O–H groups in total. The molecule has 0 bridgehead atoms. The monoisotopic (exact) mass is 382 g/mol. The molecule has 5 heteroatoms. The van der Waals surface area contributed by atoms with Crippen LogP contribution in [0, 0.1) is 5.92 Å². The highest BCUT2D eigenvalue weighted by Crippen LogP contribution is 2.34. The van der Waals surface area contributed by atoms with Crippen LogP contribution in [0.2, 0.25) is 0 Å². The Bertz CT molecular complexity index is 763. The molecule has 3 rings (SSSR count). The van der Waals surface area contributed by atoms with Crippen molar-refractivity contribution in [2.24, 2.45) is 5.92 Å². The number of benzene rings is 2. The zero-order valence-electron chi connectivity index (χ0n) is 17.0. The van der Waals surface area contributed by atoms with Crippen molar-refractivity contribution >= 4 is 11.7 Å². The molecule has 2 aromatic carbocycles. The first-order valence-electron chi connectivity index (χ1n) is 9.96. The summed E-state index contributed by atoms with van der Waals surface area (Å²) in [5.41, 5.74) is 3.59. The molecule has 1 saturated heterocycles. The summed E-state index contributed by atoms with van der Waals surface area (Å²) in [6, 6.07) is 17.0. The third kappa shape index (κ3) is 4.65. The van der Waals surface area contributed by atoms with Crippen LogP contribution in [0.3, 0.4) is 0 Å². The maximum Gasteiger partial charge on any atom is 0.306 e. The minimum Gasteiger partial charge on any atom is -0.494 e. The molecule has 0 aromatic heterocycles. The minimum absolute atomic E-state index is 0.113. The first-order chi connectivity index (χ1) is 13.5. The van der Waals surface area contributed by atoms with Crippen LogP contribution in [0.1, 0.15) is 36.9 Å². The summed E-state index contributed by atoms with van der Waals surface area (Å²) in [4.78, 5) is 15.8. The number of hydrogen-bond acceptors (Lipinski definition) is 4. The van der Waals surface area contributed by atoms with Gasteiger partial charge >= 0.3 is 5.97 Å². The molecule has 5 nitrogen and oxygen atoms in total. The lowest BCUT2D eigenvalue weighted by molar-refractivity contribution is -0.143. The van der Waals surface area contributed by atoms with Crippen molar-refractivity contribution in [1.82, 2.24) is 4.90 Å². The molecule has 150 valence electrons. The van der Waals surface area contributed by atoms with Crippen LogP contribution in [0.4, 0.5) is 5.69 Å². The Hall–Kier alpha value is -2.53. The second kappa shape index (κ2) is 9.11. The highest BCUT2D eigenvalue weighted by atomic mass is 16.5. The van der Waals surface area contributed by atoms with Crippen molar-refractivity contribution in [2.45, 2.75) is 25.8 Å². The molecule has 1 aliphatic heterocycles. The van der Waals surface area contributed by atoms with Crippen LogP contribution in [0.15, 0.2) is 48.5 Å². The zero-order valence-corrected chi connectivity index (χ0v) is 17.0. The lowest BCUT2D eigenvalue weighted by Gasteiger charge is -2.37. The third-order valence-electron chi connectivity index (χ3n) is 5.48. The molecule has 0 aliphatic carbocycles. The smallest absolute Gasteiger partial charge is 0.306 e. The van der Waals surface area contributed by atoms with E-state index in [2.05, 4.69) is 46.2 Å². The van der Waals surface area contributed by atoms with Gasteiger partial charge in [-0.15, -0.1) is 0 Å². The number of piperidine rings is 1. The molecule has 0 saturated carbocycles. The minimum atomic E-state index is -0.674. The number of aliphatic carboxylic acids is 1. The zero-order chi connectivity index (χ0) is 20.1. The number of ether oxygens (including phenoxy) is 1. The molecule has 0 radical (unpaired) electrons. The highest BCUT2D eigenvalue weighted by molar-refractivity contribution is 5.70. The number of likely N-dealkylation sites (tertiary alicyclic amines) is 1. The Kier molecular flexibility index (Phi) is 6.57. The van der Waals surface area contributed by atoms with Gasteiger partial charge in [0.1, 0.15) is 5.75 Å². The largest absolute Gasteiger partial charge is 0.494 e. The summed E-state index contributed by atoms with van der Waals surface area (Å²) >= 11 is 0. The molecule has 2 aromatic rings. The molecule has 1 fully saturated rings. The average Bonchev–Trinajstić information content (AvgIpc) is 2.70. The quantitative estimate of drug-likeness (QED) is 0.783. The van der Waals surface area contributed by atoms with E-state index in [4.69, 9.17) is 4.74 Å². The molecule has 1 heterocycles. The van der Waals surface area contributed by atoms with Crippen molar-refractivity contribution in [2.75, 3.05) is 38.7 Å². The number of nitrogens with zero attached hydrogens (tertiary/aromatic N) is 2. The number of hydrogen-bond donors (Lipinski definition) is 1. The van der Waals surface area contributed by atoms with Crippen molar-refractivity contribution < 1.29 is 14.6 Å². The molecule has 0 spiro atoms. The van der Waals surface area contributed by atoms with E-state index < -0.39 is 5.97 Å². The van der Waals surface area contributed by atoms with Crippen molar-refractivity contribution in [1.29, 1.82) is 0 Å². The van der Waals surface area contributed by atoms with Gasteiger partial charge in [-0.3, -0.25) is 9.69 Å². The van der Waals surface area contributed by atoms with Crippen LogP contribution in [0.25, 0.3) is 0 Å². The van der Waals surface area contributed by atoms with Crippen LogP contribution >= 0.6 is 0 Å². The fourth-order valence-corrected chi connectivity index (χ4v) is 3.89. The molecule has 1 atom stereocenters. The summed E-state index contributed by atoms with van der Waals surface area (Å²) in [7, 11) is 4.07. The first kappa shape index (κ1) is 20.2. The fraction of sp³-hybridized carbons (Fsp3) is 0.435. The van der Waals surface area contributed by atoms with Crippen molar-refractivity contribution in [3.8, 4) is 5.75 Å². The van der Waals surface area contributed by atoms with Crippen LogP contribution in [-0.2, 0) is 4.79 Å². The van der Waals surface area contributed by atoms with Gasteiger partial charge in [0.15, 0.2) is 0 Å². The summed E-state index contributed by atoms with van der Waals surface area (Å²) < 4.78 is 5.59. The number of rotatable bonds is 7.